The third-order valence-corrected chi connectivity index (χ3v) is 6.36. The van der Waals surface area contributed by atoms with E-state index in [0.29, 0.717) is 29.5 Å². The molecule has 168 valence electrons. The van der Waals surface area contributed by atoms with Gasteiger partial charge in [-0.2, -0.15) is 0 Å². The minimum absolute atomic E-state index is 0.0754. The van der Waals surface area contributed by atoms with E-state index >= 15 is 0 Å². The number of carbonyl (C=O) groups is 1. The minimum atomic E-state index is -3.74. The predicted octanol–water partition coefficient (Wildman–Crippen LogP) is 4.11. The molecule has 0 fully saturated rings. The van der Waals surface area contributed by atoms with Crippen molar-refractivity contribution in [2.24, 2.45) is 5.92 Å². The minimum Gasteiger partial charge on any atom is -0.493 e. The number of hydrogen-bond donors (Lipinski definition) is 3. The molecule has 2 aromatic carbocycles. The van der Waals surface area contributed by atoms with Gasteiger partial charge >= 0.3 is 0 Å². The van der Waals surface area contributed by atoms with Gasteiger partial charge in [-0.1, -0.05) is 19.9 Å². The predicted molar refractivity (Wildman–Crippen MR) is 130 cm³/mol. The molecule has 32 heavy (non-hydrogen) atoms. The smallest absolute Gasteiger partial charge is 0.263 e. The third kappa shape index (κ3) is 6.74. The summed E-state index contributed by atoms with van der Waals surface area (Å²) in [5.41, 5.74) is 0.933. The van der Waals surface area contributed by atoms with E-state index in [-0.39, 0.29) is 21.0 Å². The lowest BCUT2D eigenvalue weighted by Gasteiger charge is -2.12. The lowest BCUT2D eigenvalue weighted by Crippen LogP contribution is -2.34. The summed E-state index contributed by atoms with van der Waals surface area (Å²) in [5.74, 6) is 0.589. The number of carbonyl (C=O) groups excluding carboxylic acids is 1. The maximum absolute atomic E-state index is 12.5. The number of thiazole rings is 1. The molecule has 1 heterocycles. The van der Waals surface area contributed by atoms with E-state index in [1.807, 2.05) is 13.8 Å². The number of benzene rings is 2. The van der Waals surface area contributed by atoms with E-state index in [1.54, 1.807) is 41.8 Å². The second-order valence-corrected chi connectivity index (χ2v) is 10.1. The van der Waals surface area contributed by atoms with Crippen LogP contribution in [0.25, 0.3) is 0 Å². The van der Waals surface area contributed by atoms with Crippen LogP contribution >= 0.6 is 23.6 Å². The Balaban J connectivity index is 1.58. The Bertz CT molecular complexity index is 1180. The molecule has 8 nitrogen and oxygen atoms in total. The van der Waals surface area contributed by atoms with Crippen molar-refractivity contribution in [3.05, 3.63) is 65.7 Å². The topological polar surface area (TPSA) is 109 Å². The van der Waals surface area contributed by atoms with E-state index in [2.05, 4.69) is 20.3 Å². The van der Waals surface area contributed by atoms with E-state index in [1.165, 1.54) is 29.7 Å². The molecule has 0 spiro atoms. The molecule has 3 aromatic rings. The van der Waals surface area contributed by atoms with Crippen LogP contribution < -0.4 is 20.1 Å². The maximum atomic E-state index is 12.5. The molecule has 1 amide bonds. The van der Waals surface area contributed by atoms with Crippen LogP contribution in [-0.2, 0) is 10.0 Å². The Morgan fingerprint density at radius 1 is 1.19 bits per heavy atom. The first-order valence-electron chi connectivity index (χ1n) is 9.60. The quantitative estimate of drug-likeness (QED) is 0.408. The summed E-state index contributed by atoms with van der Waals surface area (Å²) in [7, 11) is -3.74. The van der Waals surface area contributed by atoms with Crippen LogP contribution in [0.3, 0.4) is 0 Å². The lowest BCUT2D eigenvalue weighted by atomic mass is 10.2. The van der Waals surface area contributed by atoms with Gasteiger partial charge in [-0.05, 0) is 60.6 Å². The van der Waals surface area contributed by atoms with Crippen molar-refractivity contribution in [3.8, 4) is 5.75 Å². The molecule has 0 aliphatic carbocycles. The van der Waals surface area contributed by atoms with Crippen LogP contribution in [0.2, 0.25) is 0 Å². The Hall–Kier alpha value is -3.02. The number of ether oxygens (including phenoxy) is 1. The summed E-state index contributed by atoms with van der Waals surface area (Å²) in [6, 6.07) is 12.8. The second-order valence-electron chi connectivity index (χ2n) is 7.11. The normalized spacial score (nSPS) is 11.1. The molecule has 0 saturated heterocycles. The van der Waals surface area contributed by atoms with Crippen LogP contribution in [0.1, 0.15) is 24.2 Å². The van der Waals surface area contributed by atoms with Crippen LogP contribution in [0.5, 0.6) is 5.75 Å². The zero-order valence-electron chi connectivity index (χ0n) is 17.4. The number of aromatic nitrogens is 1. The van der Waals surface area contributed by atoms with Crippen molar-refractivity contribution in [2.75, 3.05) is 16.6 Å². The molecular weight excluding hydrogens is 468 g/mol. The number of amides is 1. The third-order valence-electron chi connectivity index (χ3n) is 3.98. The van der Waals surface area contributed by atoms with Gasteiger partial charge in [0.15, 0.2) is 10.2 Å². The monoisotopic (exact) mass is 490 g/mol. The van der Waals surface area contributed by atoms with Crippen molar-refractivity contribution < 1.29 is 17.9 Å². The maximum Gasteiger partial charge on any atom is 0.263 e. The molecular formula is C21H22N4O4S3. The average molecular weight is 491 g/mol. The van der Waals surface area contributed by atoms with Gasteiger partial charge in [-0.15, -0.1) is 11.3 Å². The number of sulfonamides is 1. The van der Waals surface area contributed by atoms with Crippen molar-refractivity contribution in [1.82, 2.24) is 10.3 Å². The average Bonchev–Trinajstić information content (AvgIpc) is 3.25. The summed E-state index contributed by atoms with van der Waals surface area (Å²) < 4.78 is 32.8. The summed E-state index contributed by atoms with van der Waals surface area (Å²) in [6.45, 7) is 4.64. The number of thiocarbonyl (C=S) groups is 1. The van der Waals surface area contributed by atoms with Crippen molar-refractivity contribution in [1.29, 1.82) is 0 Å². The van der Waals surface area contributed by atoms with Crippen LogP contribution in [0.15, 0.2) is 65.0 Å². The number of hydrogen-bond acceptors (Lipinski definition) is 7. The molecule has 3 N–H and O–H groups in total. The van der Waals surface area contributed by atoms with Gasteiger partial charge in [0.25, 0.3) is 15.9 Å². The largest absolute Gasteiger partial charge is 0.493 e. The van der Waals surface area contributed by atoms with Gasteiger partial charge in [0, 0.05) is 22.8 Å². The van der Waals surface area contributed by atoms with Gasteiger partial charge in [-0.3, -0.25) is 14.8 Å². The van der Waals surface area contributed by atoms with Crippen molar-refractivity contribution in [3.63, 3.8) is 0 Å². The zero-order valence-corrected chi connectivity index (χ0v) is 19.8. The highest BCUT2D eigenvalue weighted by atomic mass is 32.2. The number of nitrogens with one attached hydrogen (secondary N) is 3. The fourth-order valence-electron chi connectivity index (χ4n) is 2.49. The highest BCUT2D eigenvalue weighted by Gasteiger charge is 2.15. The second kappa shape index (κ2) is 10.5. The summed E-state index contributed by atoms with van der Waals surface area (Å²) in [4.78, 5) is 16.5. The van der Waals surface area contributed by atoms with Crippen LogP contribution in [-0.4, -0.2) is 31.0 Å². The Morgan fingerprint density at radius 3 is 2.59 bits per heavy atom. The molecule has 1 aromatic heterocycles. The van der Waals surface area contributed by atoms with Crippen molar-refractivity contribution in [2.45, 2.75) is 18.7 Å². The van der Waals surface area contributed by atoms with E-state index in [0.717, 1.165) is 0 Å². The molecule has 0 aliphatic heterocycles. The highest BCUT2D eigenvalue weighted by molar-refractivity contribution is 7.93. The number of rotatable bonds is 8. The molecule has 3 rings (SSSR count). The van der Waals surface area contributed by atoms with Crippen LogP contribution in [0, 0.1) is 5.92 Å². The molecule has 0 bridgehead atoms. The SMILES string of the molecule is CC(C)COc1cccc(C(=O)NC(=S)Nc2ccc(S(=O)(=O)Nc3nccs3)cc2)c1. The fraction of sp³-hybridized carbons (Fsp3) is 0.190. The van der Waals surface area contributed by atoms with Gasteiger partial charge < -0.3 is 10.1 Å². The first-order valence-corrected chi connectivity index (χ1v) is 12.4. The van der Waals surface area contributed by atoms with Gasteiger partial charge in [0.2, 0.25) is 0 Å². The van der Waals surface area contributed by atoms with Gasteiger partial charge in [0.1, 0.15) is 5.75 Å². The molecule has 0 aliphatic rings. The number of anilines is 2. The first kappa shape index (κ1) is 23.6. The first-order chi connectivity index (χ1) is 15.2. The molecule has 11 heteroatoms. The van der Waals surface area contributed by atoms with Crippen LogP contribution in [0.4, 0.5) is 10.8 Å². The summed E-state index contributed by atoms with van der Waals surface area (Å²) in [6.07, 6.45) is 1.51. The van der Waals surface area contributed by atoms with Gasteiger partial charge in [0.05, 0.1) is 11.5 Å². The Kier molecular flexibility index (Phi) is 7.78. The number of nitrogens with zero attached hydrogens (tertiary/aromatic N) is 1. The lowest BCUT2D eigenvalue weighted by molar-refractivity contribution is 0.0977. The summed E-state index contributed by atoms with van der Waals surface area (Å²) in [5, 5.41) is 7.51. The highest BCUT2D eigenvalue weighted by Crippen LogP contribution is 2.20. The Labute approximate surface area is 196 Å². The fourth-order valence-corrected chi connectivity index (χ4v) is 4.49. The summed E-state index contributed by atoms with van der Waals surface area (Å²) >= 11 is 6.39. The molecule has 0 atom stereocenters. The Morgan fingerprint density at radius 2 is 1.94 bits per heavy atom. The van der Waals surface area contributed by atoms with E-state index < -0.39 is 10.0 Å². The molecule has 0 unspecified atom stereocenters. The van der Waals surface area contributed by atoms with Gasteiger partial charge in [-0.25, -0.2) is 13.4 Å². The molecule has 0 saturated carbocycles. The standard InChI is InChI=1S/C21H22N4O4S3/c1-14(2)13-29-17-5-3-4-15(12-17)19(26)24-20(30)23-16-6-8-18(9-7-16)32(27,28)25-21-22-10-11-31-21/h3-12,14H,13H2,1-2H3,(H,22,25)(H2,23,24,26,30). The zero-order chi connectivity index (χ0) is 23.1. The molecule has 0 radical (unpaired) electrons. The van der Waals surface area contributed by atoms with E-state index in [4.69, 9.17) is 17.0 Å². The van der Waals surface area contributed by atoms with E-state index in [9.17, 15) is 13.2 Å². The van der Waals surface area contributed by atoms with Crippen molar-refractivity contribution >= 4 is 55.4 Å².